The van der Waals surface area contributed by atoms with Crippen LogP contribution in [0.1, 0.15) is 19.3 Å². The van der Waals surface area contributed by atoms with Gasteiger partial charge in [-0.1, -0.05) is 0 Å². The molecule has 0 unspecified atom stereocenters. The average molecular weight is 306 g/mol. The van der Waals surface area contributed by atoms with Gasteiger partial charge in [-0.25, -0.2) is 13.1 Å². The highest BCUT2D eigenvalue weighted by Gasteiger charge is 2.29. The van der Waals surface area contributed by atoms with Gasteiger partial charge in [0.25, 0.3) is 0 Å². The van der Waals surface area contributed by atoms with E-state index in [4.69, 9.17) is 10.8 Å². The van der Waals surface area contributed by atoms with E-state index >= 15 is 0 Å². The first kappa shape index (κ1) is 17.6. The molecule has 1 atom stereocenters. The fraction of sp³-hybridized carbons (Fsp3) is 0.750. The highest BCUT2D eigenvalue weighted by atomic mass is 32.2. The second-order valence-corrected chi connectivity index (χ2v) is 5.59. The number of halogens is 3. The molecular weight excluding hydrogens is 293 g/mol. The Morgan fingerprint density at radius 1 is 1.32 bits per heavy atom. The van der Waals surface area contributed by atoms with Crippen LogP contribution in [0.4, 0.5) is 13.2 Å². The van der Waals surface area contributed by atoms with Crippen molar-refractivity contribution in [2.75, 3.05) is 5.75 Å². The van der Waals surface area contributed by atoms with Gasteiger partial charge in [0.1, 0.15) is 6.04 Å². The number of alkyl halides is 3. The third kappa shape index (κ3) is 9.25. The number of carbonyl (C=O) groups excluding carboxylic acids is 1. The first-order valence-electron chi connectivity index (χ1n) is 5.01. The second-order valence-electron chi connectivity index (χ2n) is 3.72. The highest BCUT2D eigenvalue weighted by molar-refractivity contribution is 7.89. The molecule has 4 N–H and O–H groups in total. The second kappa shape index (κ2) is 6.70. The monoisotopic (exact) mass is 306 g/mol. The topological polar surface area (TPSA) is 127 Å². The molecule has 0 bridgehead atoms. The first-order valence-corrected chi connectivity index (χ1v) is 6.66. The summed E-state index contributed by atoms with van der Waals surface area (Å²) in [4.78, 5) is 21.2. The van der Waals surface area contributed by atoms with E-state index in [-0.39, 0.29) is 0 Å². The molecule has 0 aliphatic rings. The molecule has 0 fully saturated rings. The average Bonchev–Trinajstić information content (AvgIpc) is 2.12. The van der Waals surface area contributed by atoms with E-state index < -0.39 is 59.1 Å². The maximum atomic E-state index is 11.8. The predicted molar refractivity (Wildman–Crippen MR) is 57.4 cm³/mol. The SMILES string of the molecule is NC(=O)C[C@H](NS(=O)(=O)CCCC(F)(F)F)C(=O)O. The summed E-state index contributed by atoms with van der Waals surface area (Å²) < 4.78 is 59.7. The minimum Gasteiger partial charge on any atom is -0.480 e. The number of amides is 1. The zero-order valence-corrected chi connectivity index (χ0v) is 10.4. The zero-order valence-electron chi connectivity index (χ0n) is 9.61. The van der Waals surface area contributed by atoms with Gasteiger partial charge in [0.2, 0.25) is 15.9 Å². The van der Waals surface area contributed by atoms with Crippen LogP contribution in [-0.4, -0.2) is 43.4 Å². The van der Waals surface area contributed by atoms with E-state index in [1.807, 2.05) is 0 Å². The van der Waals surface area contributed by atoms with Gasteiger partial charge in [0.15, 0.2) is 0 Å². The van der Waals surface area contributed by atoms with Crippen LogP contribution in [0.3, 0.4) is 0 Å². The molecule has 0 aliphatic heterocycles. The van der Waals surface area contributed by atoms with Gasteiger partial charge < -0.3 is 10.8 Å². The molecule has 1 amide bonds. The maximum Gasteiger partial charge on any atom is 0.389 e. The summed E-state index contributed by atoms with van der Waals surface area (Å²) in [6, 6.07) is -1.78. The molecule has 0 saturated carbocycles. The Kier molecular flexibility index (Phi) is 6.22. The zero-order chi connectivity index (χ0) is 15.3. The molecule has 0 rings (SSSR count). The van der Waals surface area contributed by atoms with Crippen molar-refractivity contribution >= 4 is 21.9 Å². The van der Waals surface area contributed by atoms with Crippen molar-refractivity contribution in [2.24, 2.45) is 5.73 Å². The van der Waals surface area contributed by atoms with Crippen molar-refractivity contribution in [3.05, 3.63) is 0 Å². The van der Waals surface area contributed by atoms with Gasteiger partial charge in [0, 0.05) is 6.42 Å². The molecule has 7 nitrogen and oxygen atoms in total. The molecular formula is C8H13F3N2O5S. The van der Waals surface area contributed by atoms with Gasteiger partial charge in [-0.3, -0.25) is 9.59 Å². The Bertz CT molecular complexity index is 434. The number of hydrogen-bond donors (Lipinski definition) is 3. The lowest BCUT2D eigenvalue weighted by molar-refractivity contribution is -0.140. The maximum absolute atomic E-state index is 11.8. The van der Waals surface area contributed by atoms with E-state index in [1.165, 1.54) is 0 Å². The van der Waals surface area contributed by atoms with Crippen LogP contribution in [0.2, 0.25) is 0 Å². The minimum absolute atomic E-state index is 0.707. The Balaban J connectivity index is 4.48. The summed E-state index contributed by atoms with van der Waals surface area (Å²) in [5, 5.41) is 8.63. The molecule has 0 radical (unpaired) electrons. The fourth-order valence-corrected chi connectivity index (χ4v) is 2.38. The molecule has 112 valence electrons. The summed E-state index contributed by atoms with van der Waals surface area (Å²) >= 11 is 0. The van der Waals surface area contributed by atoms with Crippen molar-refractivity contribution in [1.82, 2.24) is 4.72 Å². The van der Waals surface area contributed by atoms with Crippen molar-refractivity contribution in [2.45, 2.75) is 31.5 Å². The smallest absolute Gasteiger partial charge is 0.389 e. The molecule has 0 heterocycles. The molecule has 0 aromatic carbocycles. The molecule has 0 aromatic rings. The van der Waals surface area contributed by atoms with Crippen molar-refractivity contribution in [1.29, 1.82) is 0 Å². The molecule has 0 aromatic heterocycles. The lowest BCUT2D eigenvalue weighted by Crippen LogP contribution is -2.44. The summed E-state index contributed by atoms with van der Waals surface area (Å²) in [6.07, 6.45) is -7.29. The molecule has 11 heteroatoms. The van der Waals surface area contributed by atoms with Crippen molar-refractivity contribution in [3.63, 3.8) is 0 Å². The van der Waals surface area contributed by atoms with Crippen LogP contribution in [0.5, 0.6) is 0 Å². The van der Waals surface area contributed by atoms with Gasteiger partial charge in [-0.2, -0.15) is 13.2 Å². The number of carbonyl (C=O) groups is 2. The number of carboxylic acids is 1. The number of rotatable bonds is 8. The molecule has 19 heavy (non-hydrogen) atoms. The molecule has 0 saturated heterocycles. The van der Waals surface area contributed by atoms with E-state index in [0.717, 1.165) is 0 Å². The van der Waals surface area contributed by atoms with Crippen LogP contribution in [0.25, 0.3) is 0 Å². The number of nitrogens with two attached hydrogens (primary N) is 1. The Hall–Kier alpha value is -1.36. The number of carboxylic acid groups (broad SMARTS) is 1. The molecule has 0 spiro atoms. The van der Waals surface area contributed by atoms with E-state index in [0.29, 0.717) is 0 Å². The van der Waals surface area contributed by atoms with Crippen LogP contribution in [0, 0.1) is 0 Å². The third-order valence-electron chi connectivity index (χ3n) is 1.90. The number of sulfonamides is 1. The van der Waals surface area contributed by atoms with E-state index in [9.17, 15) is 31.2 Å². The Morgan fingerprint density at radius 3 is 2.21 bits per heavy atom. The summed E-state index contributed by atoms with van der Waals surface area (Å²) in [5.74, 6) is -3.58. The lowest BCUT2D eigenvalue weighted by Gasteiger charge is -2.13. The quantitative estimate of drug-likeness (QED) is 0.561. The van der Waals surface area contributed by atoms with Crippen LogP contribution >= 0.6 is 0 Å². The van der Waals surface area contributed by atoms with Gasteiger partial charge in [0.05, 0.1) is 12.2 Å². The van der Waals surface area contributed by atoms with Crippen LogP contribution in [0.15, 0.2) is 0 Å². The Labute approximate surface area is 107 Å². The van der Waals surface area contributed by atoms with Gasteiger partial charge in [-0.05, 0) is 6.42 Å². The summed E-state index contributed by atoms with van der Waals surface area (Å²) in [6.45, 7) is 0. The number of primary amides is 1. The van der Waals surface area contributed by atoms with Gasteiger partial charge in [-0.15, -0.1) is 0 Å². The third-order valence-corrected chi connectivity index (χ3v) is 3.37. The van der Waals surface area contributed by atoms with E-state index in [2.05, 4.69) is 0 Å². The van der Waals surface area contributed by atoms with Crippen LogP contribution in [-0.2, 0) is 19.6 Å². The molecule has 0 aliphatic carbocycles. The fourth-order valence-electron chi connectivity index (χ4n) is 1.12. The van der Waals surface area contributed by atoms with Crippen LogP contribution < -0.4 is 10.5 Å². The van der Waals surface area contributed by atoms with Crippen molar-refractivity contribution < 1.29 is 36.3 Å². The normalized spacial score (nSPS) is 14.1. The summed E-state index contributed by atoms with van der Waals surface area (Å²) in [7, 11) is -4.23. The predicted octanol–water partition coefficient (Wildman–Crippen LogP) is -0.423. The number of aliphatic carboxylic acids is 1. The first-order chi connectivity index (χ1) is 8.43. The van der Waals surface area contributed by atoms with E-state index in [1.54, 1.807) is 4.72 Å². The standard InChI is InChI=1S/C8H13F3N2O5S/c9-8(10,11)2-1-3-19(17,18)13-5(7(15)16)4-6(12)14/h5,13H,1-4H2,(H2,12,14)(H,15,16)/t5-/m0/s1. The lowest BCUT2D eigenvalue weighted by atomic mass is 10.2. The number of nitrogens with one attached hydrogen (secondary N) is 1. The van der Waals surface area contributed by atoms with Gasteiger partial charge >= 0.3 is 12.1 Å². The Morgan fingerprint density at radius 2 is 1.84 bits per heavy atom. The number of hydrogen-bond acceptors (Lipinski definition) is 4. The minimum atomic E-state index is -4.49. The van der Waals surface area contributed by atoms with Crippen molar-refractivity contribution in [3.8, 4) is 0 Å². The summed E-state index contributed by atoms with van der Waals surface area (Å²) in [5.41, 5.74) is 4.72. The highest BCUT2D eigenvalue weighted by Crippen LogP contribution is 2.21. The largest absolute Gasteiger partial charge is 0.480 e.